The number of fused-ring (bicyclic) bond motifs is 2. The van der Waals surface area contributed by atoms with Gasteiger partial charge in [0.2, 0.25) is 0 Å². The summed E-state index contributed by atoms with van der Waals surface area (Å²) in [5.74, 6) is 1.62. The molecule has 1 N–H and O–H groups in total. The number of hydrogen-bond acceptors (Lipinski definition) is 2. The Morgan fingerprint density at radius 2 is 2.18 bits per heavy atom. The molecule has 2 aliphatic carbocycles. The number of hydrogen-bond donors (Lipinski definition) is 1. The molecule has 0 amide bonds. The van der Waals surface area contributed by atoms with Crippen molar-refractivity contribution in [2.24, 2.45) is 11.8 Å². The Morgan fingerprint density at radius 1 is 1.36 bits per heavy atom. The summed E-state index contributed by atoms with van der Waals surface area (Å²) in [6.07, 6.45) is 5.51. The van der Waals surface area contributed by atoms with Crippen LogP contribution >= 0.6 is 10.4 Å². The zero-order valence-electron chi connectivity index (χ0n) is 6.32. The predicted molar refractivity (Wildman–Crippen MR) is 47.3 cm³/mol. The molecular formula is C7H13AsO2S. The van der Waals surface area contributed by atoms with Gasteiger partial charge >= 0.3 is 75.5 Å². The molecule has 2 aliphatic rings. The second-order valence-electron chi connectivity index (χ2n) is 3.60. The summed E-state index contributed by atoms with van der Waals surface area (Å²) in [7, 11) is 4.73. The molecule has 0 aliphatic heterocycles. The van der Waals surface area contributed by atoms with E-state index < -0.39 is 13.7 Å². The zero-order chi connectivity index (χ0) is 7.84. The van der Waals surface area contributed by atoms with Crippen LogP contribution in [-0.4, -0.2) is 23.9 Å². The first-order chi connectivity index (χ1) is 5.25. The van der Waals surface area contributed by atoms with Gasteiger partial charge in [-0.25, -0.2) is 0 Å². The summed E-state index contributed by atoms with van der Waals surface area (Å²) in [5, 5.41) is 0. The van der Waals surface area contributed by atoms with E-state index >= 15 is 0 Å². The van der Waals surface area contributed by atoms with E-state index in [-0.39, 0.29) is 0 Å². The molecule has 4 unspecified atom stereocenters. The molecule has 64 valence electrons. The summed E-state index contributed by atoms with van der Waals surface area (Å²) in [6, 6.07) is 0. The molecule has 2 saturated carbocycles. The molecule has 0 saturated heterocycles. The Kier molecular flexibility index (Phi) is 2.43. The summed E-state index contributed by atoms with van der Waals surface area (Å²) in [4.78, 5) is 0. The van der Waals surface area contributed by atoms with Crippen molar-refractivity contribution in [2.45, 2.75) is 31.8 Å². The van der Waals surface area contributed by atoms with Crippen LogP contribution in [0.15, 0.2) is 0 Å². The fourth-order valence-corrected chi connectivity index (χ4v) is 4.25. The SMILES string of the molecule is O[AsH](=S)OC1CC2CCC1C2. The van der Waals surface area contributed by atoms with Gasteiger partial charge in [-0.05, 0) is 0 Å². The molecule has 2 nitrogen and oxygen atoms in total. The predicted octanol–water partition coefficient (Wildman–Crippen LogP) is 1.10. The van der Waals surface area contributed by atoms with Crippen LogP contribution in [0.25, 0.3) is 0 Å². The van der Waals surface area contributed by atoms with Gasteiger partial charge in [-0.3, -0.25) is 0 Å². The van der Waals surface area contributed by atoms with Crippen LogP contribution in [0.2, 0.25) is 0 Å². The molecule has 4 heteroatoms. The van der Waals surface area contributed by atoms with E-state index in [0.29, 0.717) is 6.10 Å². The molecule has 2 rings (SSSR count). The van der Waals surface area contributed by atoms with Gasteiger partial charge in [0.15, 0.2) is 0 Å². The van der Waals surface area contributed by atoms with Gasteiger partial charge in [0.1, 0.15) is 0 Å². The third-order valence-electron chi connectivity index (χ3n) is 2.93. The summed E-state index contributed by atoms with van der Waals surface area (Å²) >= 11 is -2.41. The molecule has 11 heavy (non-hydrogen) atoms. The van der Waals surface area contributed by atoms with E-state index in [9.17, 15) is 0 Å². The first kappa shape index (κ1) is 8.30. The van der Waals surface area contributed by atoms with E-state index in [0.717, 1.165) is 11.8 Å². The van der Waals surface area contributed by atoms with E-state index in [2.05, 4.69) is 0 Å². The second-order valence-corrected chi connectivity index (χ2v) is 7.02. The minimum absolute atomic E-state index is 0.339. The first-order valence-electron chi connectivity index (χ1n) is 4.15. The molecule has 2 bridgehead atoms. The van der Waals surface area contributed by atoms with Gasteiger partial charge in [-0.2, -0.15) is 0 Å². The van der Waals surface area contributed by atoms with Gasteiger partial charge in [-0.15, -0.1) is 0 Å². The van der Waals surface area contributed by atoms with Crippen LogP contribution in [0.5, 0.6) is 0 Å². The fraction of sp³-hybridized carbons (Fsp3) is 1.00. The molecule has 0 aromatic rings. The molecule has 2 fully saturated rings. The van der Waals surface area contributed by atoms with Crippen molar-refractivity contribution in [2.75, 3.05) is 0 Å². The second kappa shape index (κ2) is 3.21. The Morgan fingerprint density at radius 3 is 2.64 bits per heavy atom. The molecule has 0 aromatic carbocycles. The Balaban J connectivity index is 1.92. The fourth-order valence-electron chi connectivity index (χ4n) is 2.46. The van der Waals surface area contributed by atoms with E-state index in [4.69, 9.17) is 18.2 Å². The van der Waals surface area contributed by atoms with E-state index in [1.807, 2.05) is 0 Å². The molecule has 0 spiro atoms. The van der Waals surface area contributed by atoms with Crippen LogP contribution in [0.1, 0.15) is 25.7 Å². The van der Waals surface area contributed by atoms with Gasteiger partial charge in [0.25, 0.3) is 0 Å². The van der Waals surface area contributed by atoms with Crippen LogP contribution in [-0.2, 0) is 3.73 Å². The van der Waals surface area contributed by atoms with Crippen molar-refractivity contribution in [3.8, 4) is 0 Å². The molecule has 0 radical (unpaired) electrons. The van der Waals surface area contributed by atoms with Crippen LogP contribution in [0, 0.1) is 11.8 Å². The maximum absolute atomic E-state index is 9.00. The zero-order valence-corrected chi connectivity index (χ0v) is 9.24. The van der Waals surface area contributed by atoms with Gasteiger partial charge in [-0.1, -0.05) is 0 Å². The van der Waals surface area contributed by atoms with Crippen molar-refractivity contribution < 1.29 is 7.82 Å². The average molecular weight is 236 g/mol. The van der Waals surface area contributed by atoms with Gasteiger partial charge in [0.05, 0.1) is 0 Å². The Hall–Kier alpha value is 0.698. The van der Waals surface area contributed by atoms with Crippen molar-refractivity contribution in [3.05, 3.63) is 0 Å². The molecular weight excluding hydrogens is 223 g/mol. The third kappa shape index (κ3) is 1.72. The number of rotatable bonds is 2. The topological polar surface area (TPSA) is 29.5 Å². The standard InChI is InChI=1S/C7H13AsO2S/c9-8(11)10-7-4-5-1-2-6(7)3-5/h5-8H,1-4H2,(H,9,11). The van der Waals surface area contributed by atoms with Crippen molar-refractivity contribution >= 4 is 24.1 Å². The maximum atomic E-state index is 9.00. The third-order valence-corrected chi connectivity index (χ3v) is 4.48. The molecule has 4 atom stereocenters. The quantitative estimate of drug-likeness (QED) is 0.728. The van der Waals surface area contributed by atoms with Crippen LogP contribution in [0.3, 0.4) is 0 Å². The van der Waals surface area contributed by atoms with Gasteiger partial charge < -0.3 is 0 Å². The molecule has 0 heterocycles. The van der Waals surface area contributed by atoms with Gasteiger partial charge in [0, 0.05) is 0 Å². The normalized spacial score (nSPS) is 44.6. The van der Waals surface area contributed by atoms with Crippen molar-refractivity contribution in [1.82, 2.24) is 0 Å². The Labute approximate surface area is 75.7 Å². The minimum atomic E-state index is -2.41. The molecule has 0 aromatic heterocycles. The average Bonchev–Trinajstić information content (AvgIpc) is 2.45. The van der Waals surface area contributed by atoms with Crippen LogP contribution in [0.4, 0.5) is 0 Å². The summed E-state index contributed by atoms with van der Waals surface area (Å²) in [5.41, 5.74) is 0. The van der Waals surface area contributed by atoms with E-state index in [1.165, 1.54) is 25.7 Å². The summed E-state index contributed by atoms with van der Waals surface area (Å²) in [6.45, 7) is 0. The first-order valence-corrected chi connectivity index (χ1v) is 8.92. The van der Waals surface area contributed by atoms with E-state index in [1.54, 1.807) is 0 Å². The van der Waals surface area contributed by atoms with Crippen LogP contribution < -0.4 is 0 Å². The summed E-state index contributed by atoms with van der Waals surface area (Å²) < 4.78 is 14.4. The monoisotopic (exact) mass is 236 g/mol. The Bertz CT molecular complexity index is 185. The van der Waals surface area contributed by atoms with Crippen molar-refractivity contribution in [3.63, 3.8) is 0 Å². The van der Waals surface area contributed by atoms with Crippen molar-refractivity contribution in [1.29, 1.82) is 0 Å².